The normalized spacial score (nSPS) is 14.2. The Morgan fingerprint density at radius 2 is 1.64 bits per heavy atom. The minimum Gasteiger partial charge on any atom is -0.488 e. The van der Waals surface area contributed by atoms with Crippen LogP contribution in [-0.4, -0.2) is 32.5 Å². The Hall–Kier alpha value is -3.70. The maximum Gasteiger partial charge on any atom is 0.129 e. The molecule has 1 fully saturated rings. The Morgan fingerprint density at radius 1 is 0.879 bits per heavy atom. The van der Waals surface area contributed by atoms with Crippen LogP contribution in [0.5, 0.6) is 5.75 Å². The van der Waals surface area contributed by atoms with Crippen molar-refractivity contribution in [2.45, 2.75) is 6.61 Å². The Morgan fingerprint density at radius 3 is 2.42 bits per heavy atom. The molecule has 1 heterocycles. The van der Waals surface area contributed by atoms with E-state index in [-0.39, 0.29) is 5.82 Å². The highest BCUT2D eigenvalue weighted by molar-refractivity contribution is 6.03. The number of hydrogen-bond donors (Lipinski definition) is 0. The van der Waals surface area contributed by atoms with Gasteiger partial charge in [0, 0.05) is 30.6 Å². The first-order chi connectivity index (χ1) is 16.3. The lowest BCUT2D eigenvalue weighted by Gasteiger charge is -2.28. The summed E-state index contributed by atoms with van der Waals surface area (Å²) < 4.78 is 24.8. The van der Waals surface area contributed by atoms with Gasteiger partial charge in [-0.05, 0) is 58.8 Å². The van der Waals surface area contributed by atoms with Crippen LogP contribution in [0, 0.1) is 5.82 Å². The van der Waals surface area contributed by atoms with Gasteiger partial charge < -0.3 is 14.4 Å². The fourth-order valence-corrected chi connectivity index (χ4v) is 3.99. The molecule has 1 aliphatic heterocycles. The summed E-state index contributed by atoms with van der Waals surface area (Å²) in [6.45, 7) is 3.71. The molecule has 166 valence electrons. The van der Waals surface area contributed by atoms with Crippen molar-refractivity contribution in [1.82, 2.24) is 0 Å². The van der Waals surface area contributed by atoms with Crippen LogP contribution >= 0.6 is 0 Å². The van der Waals surface area contributed by atoms with Gasteiger partial charge in [0.1, 0.15) is 18.2 Å². The third-order valence-electron chi connectivity index (χ3n) is 5.81. The van der Waals surface area contributed by atoms with Crippen molar-refractivity contribution in [2.75, 3.05) is 31.2 Å². The van der Waals surface area contributed by atoms with Gasteiger partial charge in [0.05, 0.1) is 18.9 Å². The molecule has 0 atom stereocenters. The topological polar surface area (TPSA) is 34.1 Å². The molecule has 0 bridgehead atoms. The second kappa shape index (κ2) is 9.84. The molecule has 33 heavy (non-hydrogen) atoms. The summed E-state index contributed by atoms with van der Waals surface area (Å²) in [5, 5.41) is 2.19. The zero-order valence-corrected chi connectivity index (χ0v) is 18.3. The second-order valence-corrected chi connectivity index (χ2v) is 7.99. The van der Waals surface area contributed by atoms with E-state index in [1.807, 2.05) is 42.6 Å². The average Bonchev–Trinajstić information content (AvgIpc) is 2.88. The molecule has 0 aromatic heterocycles. The summed E-state index contributed by atoms with van der Waals surface area (Å²) in [6.07, 6.45) is 1.87. The highest BCUT2D eigenvalue weighted by atomic mass is 19.1. The molecule has 1 saturated heterocycles. The molecule has 0 spiro atoms. The Balaban J connectivity index is 1.40. The molecule has 0 radical (unpaired) electrons. The fourth-order valence-electron chi connectivity index (χ4n) is 3.99. The van der Waals surface area contributed by atoms with Crippen LogP contribution in [0.4, 0.5) is 15.8 Å². The van der Waals surface area contributed by atoms with E-state index in [4.69, 9.17) is 14.5 Å². The molecule has 0 N–H and O–H groups in total. The number of benzene rings is 4. The number of morpholine rings is 1. The highest BCUT2D eigenvalue weighted by Crippen LogP contribution is 2.29. The number of ether oxygens (including phenoxy) is 2. The lowest BCUT2D eigenvalue weighted by atomic mass is 10.0. The highest BCUT2D eigenvalue weighted by Gasteiger charge is 2.11. The number of hydrogen-bond acceptors (Lipinski definition) is 4. The number of nitrogens with zero attached hydrogens (tertiary/aromatic N) is 2. The largest absolute Gasteiger partial charge is 0.488 e. The summed E-state index contributed by atoms with van der Waals surface area (Å²) >= 11 is 0. The van der Waals surface area contributed by atoms with Crippen LogP contribution in [0.2, 0.25) is 0 Å². The maximum atomic E-state index is 13.2. The Kier molecular flexibility index (Phi) is 6.31. The van der Waals surface area contributed by atoms with Crippen LogP contribution in [-0.2, 0) is 11.3 Å². The lowest BCUT2D eigenvalue weighted by molar-refractivity contribution is 0.122. The predicted octanol–water partition coefficient (Wildman–Crippen LogP) is 6.15. The minimum atomic E-state index is -0.253. The summed E-state index contributed by atoms with van der Waals surface area (Å²) in [4.78, 5) is 7.06. The van der Waals surface area contributed by atoms with Crippen molar-refractivity contribution in [3.63, 3.8) is 0 Å². The first-order valence-corrected chi connectivity index (χ1v) is 11.1. The lowest BCUT2D eigenvalue weighted by Crippen LogP contribution is -2.36. The van der Waals surface area contributed by atoms with E-state index >= 15 is 0 Å². The van der Waals surface area contributed by atoms with Crippen molar-refractivity contribution >= 4 is 28.4 Å². The quantitative estimate of drug-likeness (QED) is 0.338. The number of aliphatic imine (C=N–C) groups is 1. The number of fused-ring (bicyclic) bond motifs is 1. The zero-order valence-electron chi connectivity index (χ0n) is 18.3. The van der Waals surface area contributed by atoms with E-state index in [1.165, 1.54) is 17.8 Å². The van der Waals surface area contributed by atoms with Gasteiger partial charge in [0.25, 0.3) is 0 Å². The van der Waals surface area contributed by atoms with Crippen molar-refractivity contribution in [1.29, 1.82) is 0 Å². The second-order valence-electron chi connectivity index (χ2n) is 7.99. The molecule has 5 heteroatoms. The number of halogens is 1. The summed E-state index contributed by atoms with van der Waals surface area (Å²) in [5.74, 6) is 0.489. The van der Waals surface area contributed by atoms with Crippen molar-refractivity contribution in [3.05, 3.63) is 102 Å². The summed E-state index contributed by atoms with van der Waals surface area (Å²) in [5.41, 5.74) is 3.90. The first kappa shape index (κ1) is 21.2. The van der Waals surface area contributed by atoms with E-state index in [2.05, 4.69) is 29.2 Å². The zero-order chi connectivity index (χ0) is 22.5. The van der Waals surface area contributed by atoms with E-state index in [1.54, 1.807) is 12.1 Å². The molecule has 5 rings (SSSR count). The molecule has 0 aliphatic carbocycles. The van der Waals surface area contributed by atoms with Gasteiger partial charge in [-0.1, -0.05) is 42.5 Å². The van der Waals surface area contributed by atoms with Crippen molar-refractivity contribution in [2.24, 2.45) is 4.99 Å². The van der Waals surface area contributed by atoms with Gasteiger partial charge in [-0.2, -0.15) is 0 Å². The van der Waals surface area contributed by atoms with Gasteiger partial charge in [-0.15, -0.1) is 0 Å². The third-order valence-corrected chi connectivity index (χ3v) is 5.81. The molecule has 4 aromatic rings. The summed E-state index contributed by atoms with van der Waals surface area (Å²) in [7, 11) is 0. The van der Waals surface area contributed by atoms with Crippen molar-refractivity contribution in [3.8, 4) is 5.75 Å². The van der Waals surface area contributed by atoms with Crippen LogP contribution in [0.3, 0.4) is 0 Å². The Bertz CT molecular complexity index is 1250. The maximum absolute atomic E-state index is 13.2. The average molecular weight is 441 g/mol. The first-order valence-electron chi connectivity index (χ1n) is 11.1. The monoisotopic (exact) mass is 440 g/mol. The Labute approximate surface area is 192 Å². The van der Waals surface area contributed by atoms with E-state index < -0.39 is 0 Å². The van der Waals surface area contributed by atoms with Crippen LogP contribution in [0.15, 0.2) is 89.9 Å². The predicted molar refractivity (Wildman–Crippen MR) is 131 cm³/mol. The standard InChI is InChI=1S/C28H25FN2O2/c29-23-8-5-21(6-9-23)20-33-28-14-7-22-3-1-2-4-26(22)27(28)19-30-24-10-12-25(13-11-24)31-15-17-32-18-16-31/h1-14,19H,15-18,20H2. The number of rotatable bonds is 6. The van der Waals surface area contributed by atoms with Gasteiger partial charge in [0.2, 0.25) is 0 Å². The number of anilines is 1. The SMILES string of the molecule is Fc1ccc(COc2ccc3ccccc3c2C=Nc2ccc(N3CCOCC3)cc2)cc1. The fraction of sp³-hybridized carbons (Fsp3) is 0.179. The van der Waals surface area contributed by atoms with E-state index in [0.717, 1.165) is 59.6 Å². The van der Waals surface area contributed by atoms with Crippen molar-refractivity contribution < 1.29 is 13.9 Å². The van der Waals surface area contributed by atoms with Crippen LogP contribution < -0.4 is 9.64 Å². The molecular formula is C28H25FN2O2. The molecule has 0 unspecified atom stereocenters. The van der Waals surface area contributed by atoms with Gasteiger partial charge in [0.15, 0.2) is 0 Å². The molecule has 0 saturated carbocycles. The molecule has 0 amide bonds. The van der Waals surface area contributed by atoms with Gasteiger partial charge in [-0.3, -0.25) is 4.99 Å². The van der Waals surface area contributed by atoms with Gasteiger partial charge in [-0.25, -0.2) is 4.39 Å². The molecule has 1 aliphatic rings. The molecule has 4 nitrogen and oxygen atoms in total. The summed E-state index contributed by atoms with van der Waals surface area (Å²) in [6, 6.07) is 26.8. The van der Waals surface area contributed by atoms with Crippen LogP contribution in [0.25, 0.3) is 10.8 Å². The third kappa shape index (κ3) is 5.04. The smallest absolute Gasteiger partial charge is 0.129 e. The molecule has 4 aromatic carbocycles. The van der Waals surface area contributed by atoms with Crippen LogP contribution in [0.1, 0.15) is 11.1 Å². The minimum absolute atomic E-state index is 0.253. The van der Waals surface area contributed by atoms with Gasteiger partial charge >= 0.3 is 0 Å². The van der Waals surface area contributed by atoms with E-state index in [9.17, 15) is 4.39 Å². The van der Waals surface area contributed by atoms with E-state index in [0.29, 0.717) is 6.61 Å². The molecular weight excluding hydrogens is 415 g/mol.